The Kier molecular flexibility index (Phi) is 21.4. The smallest absolute Gasteiger partial charge is 0.168 e. The molecule has 0 rings (SSSR count). The molecule has 0 spiro atoms. The Hall–Kier alpha value is -0.380. The fourth-order valence-corrected chi connectivity index (χ4v) is 3.16. The second kappa shape index (κ2) is 19.9. The highest BCUT2D eigenvalue weighted by atomic mass is 16.7. The van der Waals surface area contributed by atoms with Crippen LogP contribution in [0.15, 0.2) is 12.7 Å². The molecule has 0 bridgehead atoms. The van der Waals surface area contributed by atoms with Gasteiger partial charge in [0.2, 0.25) is 0 Å². The topological polar surface area (TPSA) is 27.7 Å². The van der Waals surface area contributed by atoms with Crippen LogP contribution in [0.5, 0.6) is 0 Å². The summed E-state index contributed by atoms with van der Waals surface area (Å²) in [6, 6.07) is 0. The highest BCUT2D eigenvalue weighted by Gasteiger charge is 2.34. The highest BCUT2D eigenvalue weighted by Crippen LogP contribution is 2.32. The zero-order chi connectivity index (χ0) is 19.4. The van der Waals surface area contributed by atoms with Crippen LogP contribution in [0.4, 0.5) is 0 Å². The van der Waals surface area contributed by atoms with E-state index < -0.39 is 5.79 Å². The van der Waals surface area contributed by atoms with Gasteiger partial charge in [-0.2, -0.15) is 0 Å². The van der Waals surface area contributed by atoms with Gasteiger partial charge in [-0.05, 0) is 47.0 Å². The van der Waals surface area contributed by atoms with Gasteiger partial charge in [0, 0.05) is 32.8 Å². The third-order valence-electron chi connectivity index (χ3n) is 4.41. The Morgan fingerprint density at radius 3 is 1.84 bits per heavy atom. The van der Waals surface area contributed by atoms with Crippen LogP contribution in [0.1, 0.15) is 92.4 Å². The molecule has 25 heavy (non-hydrogen) atoms. The van der Waals surface area contributed by atoms with E-state index in [9.17, 15) is 0 Å². The summed E-state index contributed by atoms with van der Waals surface area (Å²) in [4.78, 5) is 0. The molecule has 0 saturated carbocycles. The molecule has 0 aliphatic rings. The van der Waals surface area contributed by atoms with Gasteiger partial charge >= 0.3 is 0 Å². The van der Waals surface area contributed by atoms with E-state index in [2.05, 4.69) is 20.4 Å². The summed E-state index contributed by atoms with van der Waals surface area (Å²) < 4.78 is 17.2. The Morgan fingerprint density at radius 2 is 1.36 bits per heavy atom. The van der Waals surface area contributed by atoms with E-state index in [1.807, 2.05) is 20.8 Å². The van der Waals surface area contributed by atoms with Gasteiger partial charge in [-0.15, -0.1) is 6.58 Å². The monoisotopic (exact) mass is 358 g/mol. The molecule has 0 aliphatic heterocycles. The molecule has 1 unspecified atom stereocenters. The van der Waals surface area contributed by atoms with Crippen molar-refractivity contribution in [2.75, 3.05) is 26.9 Å². The molecule has 152 valence electrons. The van der Waals surface area contributed by atoms with Gasteiger partial charge in [0.15, 0.2) is 5.79 Å². The van der Waals surface area contributed by atoms with Crippen LogP contribution >= 0.6 is 0 Å². The maximum atomic E-state index is 6.00. The Balaban J connectivity index is 0. The lowest BCUT2D eigenvalue weighted by Crippen LogP contribution is -2.41. The van der Waals surface area contributed by atoms with Crippen LogP contribution in [0, 0.1) is 5.92 Å². The average Bonchev–Trinajstić information content (AvgIpc) is 2.57. The van der Waals surface area contributed by atoms with Gasteiger partial charge in [-0.3, -0.25) is 0 Å². The minimum Gasteiger partial charge on any atom is -0.385 e. The fourth-order valence-electron chi connectivity index (χ4n) is 3.16. The molecule has 0 amide bonds. The Morgan fingerprint density at radius 1 is 0.880 bits per heavy atom. The number of hydrogen-bond acceptors (Lipinski definition) is 3. The second-order valence-electron chi connectivity index (χ2n) is 6.68. The molecule has 3 heteroatoms. The van der Waals surface area contributed by atoms with E-state index in [0.717, 1.165) is 19.4 Å². The molecule has 0 saturated heterocycles. The summed E-state index contributed by atoms with van der Waals surface area (Å²) in [6.45, 7) is 16.0. The van der Waals surface area contributed by atoms with Gasteiger partial charge in [0.1, 0.15) is 0 Å². The summed E-state index contributed by atoms with van der Waals surface area (Å²) >= 11 is 0. The van der Waals surface area contributed by atoms with E-state index in [4.69, 9.17) is 14.2 Å². The lowest BCUT2D eigenvalue weighted by Gasteiger charge is -2.37. The third kappa shape index (κ3) is 15.6. The molecule has 0 aromatic heterocycles. The summed E-state index contributed by atoms with van der Waals surface area (Å²) in [5.41, 5.74) is 0. The molecule has 0 radical (unpaired) electrons. The highest BCUT2D eigenvalue weighted by molar-refractivity contribution is 4.76. The van der Waals surface area contributed by atoms with E-state index in [1.54, 1.807) is 13.2 Å². The minimum atomic E-state index is -0.444. The largest absolute Gasteiger partial charge is 0.385 e. The number of unbranched alkanes of at least 4 members (excludes halogenated alkanes) is 5. The Labute approximate surface area is 158 Å². The summed E-state index contributed by atoms with van der Waals surface area (Å²) in [5, 5.41) is 0. The van der Waals surface area contributed by atoms with Crippen molar-refractivity contribution in [1.82, 2.24) is 0 Å². The summed E-state index contributed by atoms with van der Waals surface area (Å²) in [5.74, 6) is 0.00873. The number of allylic oxidation sites excluding steroid dienone is 1. The maximum absolute atomic E-state index is 6.00. The van der Waals surface area contributed by atoms with Crippen LogP contribution in [-0.2, 0) is 14.2 Å². The predicted molar refractivity (Wildman–Crippen MR) is 110 cm³/mol. The lowest BCUT2D eigenvalue weighted by atomic mass is 9.88. The van der Waals surface area contributed by atoms with Crippen LogP contribution in [0.25, 0.3) is 0 Å². The third-order valence-corrected chi connectivity index (χ3v) is 4.41. The summed E-state index contributed by atoms with van der Waals surface area (Å²) in [6.07, 6.45) is 13.1. The van der Waals surface area contributed by atoms with Crippen LogP contribution in [0.3, 0.4) is 0 Å². The Bertz CT molecular complexity index is 260. The first-order chi connectivity index (χ1) is 12.1. The van der Waals surface area contributed by atoms with Crippen LogP contribution in [0.2, 0.25) is 0 Å². The molecule has 0 heterocycles. The zero-order valence-electron chi connectivity index (χ0n) is 18.1. The molecule has 3 nitrogen and oxygen atoms in total. The molecular formula is C22H46O3. The van der Waals surface area contributed by atoms with Gasteiger partial charge in [0.25, 0.3) is 0 Å². The SMILES string of the molecule is C=CC.CCCCCCCCC(CCCOC)C(C)(OCC)OCC. The van der Waals surface area contributed by atoms with Crippen molar-refractivity contribution < 1.29 is 14.2 Å². The van der Waals surface area contributed by atoms with Crippen molar-refractivity contribution in [3.05, 3.63) is 12.7 Å². The lowest BCUT2D eigenvalue weighted by molar-refractivity contribution is -0.254. The zero-order valence-corrected chi connectivity index (χ0v) is 18.1. The van der Waals surface area contributed by atoms with Crippen molar-refractivity contribution in [1.29, 1.82) is 0 Å². The second-order valence-corrected chi connectivity index (χ2v) is 6.68. The molecule has 0 aliphatic carbocycles. The van der Waals surface area contributed by atoms with E-state index >= 15 is 0 Å². The fraction of sp³-hybridized carbons (Fsp3) is 0.909. The average molecular weight is 359 g/mol. The van der Waals surface area contributed by atoms with Gasteiger partial charge < -0.3 is 14.2 Å². The van der Waals surface area contributed by atoms with E-state index in [1.165, 1.54) is 44.9 Å². The molecule has 0 aromatic rings. The number of rotatable bonds is 16. The summed E-state index contributed by atoms with van der Waals surface area (Å²) in [7, 11) is 1.77. The van der Waals surface area contributed by atoms with Crippen molar-refractivity contribution in [2.24, 2.45) is 5.92 Å². The van der Waals surface area contributed by atoms with Gasteiger partial charge in [-0.1, -0.05) is 51.5 Å². The van der Waals surface area contributed by atoms with Gasteiger partial charge in [-0.25, -0.2) is 0 Å². The maximum Gasteiger partial charge on any atom is 0.168 e. The predicted octanol–water partition coefficient (Wildman–Crippen LogP) is 6.76. The minimum absolute atomic E-state index is 0.444. The van der Waals surface area contributed by atoms with Crippen molar-refractivity contribution in [3.8, 4) is 0 Å². The normalized spacial score (nSPS) is 12.4. The number of hydrogen-bond donors (Lipinski definition) is 0. The molecule has 0 N–H and O–H groups in total. The molecular weight excluding hydrogens is 312 g/mol. The van der Waals surface area contributed by atoms with Crippen LogP contribution < -0.4 is 0 Å². The van der Waals surface area contributed by atoms with Gasteiger partial charge in [0.05, 0.1) is 0 Å². The van der Waals surface area contributed by atoms with Crippen LogP contribution in [-0.4, -0.2) is 32.7 Å². The first kappa shape index (κ1) is 26.8. The van der Waals surface area contributed by atoms with Crippen molar-refractivity contribution in [2.45, 2.75) is 98.2 Å². The number of methoxy groups -OCH3 is 1. The number of ether oxygens (including phenoxy) is 3. The molecule has 0 fully saturated rings. The van der Waals surface area contributed by atoms with Crippen molar-refractivity contribution >= 4 is 0 Å². The van der Waals surface area contributed by atoms with E-state index in [-0.39, 0.29) is 0 Å². The molecule has 1 atom stereocenters. The first-order valence-electron chi connectivity index (χ1n) is 10.4. The standard InChI is InChI=1S/C19H40O3.C3H6/c1-6-9-10-11-12-13-15-18(16-14-17-20-5)19(4,21-7-2)22-8-3;1-3-2/h18H,6-17H2,1-5H3;3H,1H2,2H3. The van der Waals surface area contributed by atoms with E-state index in [0.29, 0.717) is 19.1 Å². The molecule has 0 aromatic carbocycles. The van der Waals surface area contributed by atoms with Crippen molar-refractivity contribution in [3.63, 3.8) is 0 Å². The quantitative estimate of drug-likeness (QED) is 0.173. The first-order valence-corrected chi connectivity index (χ1v) is 10.4.